The Morgan fingerprint density at radius 3 is 2.64 bits per heavy atom. The zero-order chi connectivity index (χ0) is 17.6. The molecule has 4 rings (SSSR count). The molecule has 0 N–H and O–H groups in total. The highest BCUT2D eigenvalue weighted by atomic mass is 19.3. The molecule has 3 heterocycles. The standard InChI is InChI=1S/C19H12F2N4/c1-11-13(8-22)6-14(9-24-11)12-2-3-15-16-10-23-5-4-17(16)25(19(20)21)18(15)7-12/h2-7,9-10,19H,1H3. The molecule has 1 aromatic carbocycles. The highest BCUT2D eigenvalue weighted by molar-refractivity contribution is 6.08. The molecule has 3 aromatic heterocycles. The Kier molecular flexibility index (Phi) is 3.43. The lowest BCUT2D eigenvalue weighted by molar-refractivity contribution is 0.0796. The summed E-state index contributed by atoms with van der Waals surface area (Å²) in [6.45, 7) is -0.906. The van der Waals surface area contributed by atoms with Crippen LogP contribution in [-0.4, -0.2) is 14.5 Å². The summed E-state index contributed by atoms with van der Waals surface area (Å²) in [5.74, 6) is 0. The first-order valence-corrected chi connectivity index (χ1v) is 7.63. The van der Waals surface area contributed by atoms with Gasteiger partial charge in [-0.05, 0) is 30.7 Å². The predicted octanol–water partition coefficient (Wildman–Crippen LogP) is 4.83. The third-order valence-electron chi connectivity index (χ3n) is 4.34. The van der Waals surface area contributed by atoms with Gasteiger partial charge in [-0.2, -0.15) is 14.0 Å². The van der Waals surface area contributed by atoms with Gasteiger partial charge in [-0.1, -0.05) is 12.1 Å². The highest BCUT2D eigenvalue weighted by Crippen LogP contribution is 2.35. The lowest BCUT2D eigenvalue weighted by Crippen LogP contribution is -1.97. The van der Waals surface area contributed by atoms with Crippen molar-refractivity contribution in [3.05, 3.63) is 60.2 Å². The van der Waals surface area contributed by atoms with Crippen molar-refractivity contribution in [2.75, 3.05) is 0 Å². The van der Waals surface area contributed by atoms with E-state index in [4.69, 9.17) is 0 Å². The van der Waals surface area contributed by atoms with E-state index < -0.39 is 6.55 Å². The number of rotatable bonds is 2. The van der Waals surface area contributed by atoms with Gasteiger partial charge in [-0.25, -0.2) is 0 Å². The van der Waals surface area contributed by atoms with E-state index in [1.807, 2.05) is 6.07 Å². The van der Waals surface area contributed by atoms with Crippen LogP contribution < -0.4 is 0 Å². The number of aromatic nitrogens is 3. The molecule has 4 aromatic rings. The topological polar surface area (TPSA) is 54.5 Å². The third kappa shape index (κ3) is 2.32. The molecule has 6 heteroatoms. The Labute approximate surface area is 142 Å². The highest BCUT2D eigenvalue weighted by Gasteiger charge is 2.17. The van der Waals surface area contributed by atoms with Crippen molar-refractivity contribution in [1.29, 1.82) is 5.26 Å². The second-order valence-electron chi connectivity index (χ2n) is 5.74. The number of halogens is 2. The van der Waals surface area contributed by atoms with Crippen molar-refractivity contribution < 1.29 is 8.78 Å². The van der Waals surface area contributed by atoms with E-state index in [-0.39, 0.29) is 0 Å². The van der Waals surface area contributed by atoms with E-state index in [0.717, 1.165) is 10.1 Å². The fourth-order valence-corrected chi connectivity index (χ4v) is 3.09. The zero-order valence-electron chi connectivity index (χ0n) is 13.2. The number of alkyl halides is 2. The normalized spacial score (nSPS) is 11.3. The first-order chi connectivity index (χ1) is 12.1. The second-order valence-corrected chi connectivity index (χ2v) is 5.74. The van der Waals surface area contributed by atoms with Gasteiger partial charge in [0.05, 0.1) is 22.3 Å². The van der Waals surface area contributed by atoms with Crippen LogP contribution in [0.3, 0.4) is 0 Å². The van der Waals surface area contributed by atoms with Crippen molar-refractivity contribution in [2.45, 2.75) is 13.5 Å². The average Bonchev–Trinajstić information content (AvgIpc) is 2.96. The van der Waals surface area contributed by atoms with Crippen molar-refractivity contribution in [2.24, 2.45) is 0 Å². The molecule has 0 saturated carbocycles. The van der Waals surface area contributed by atoms with E-state index in [1.54, 1.807) is 43.6 Å². The number of pyridine rings is 2. The first-order valence-electron chi connectivity index (χ1n) is 7.63. The summed E-state index contributed by atoms with van der Waals surface area (Å²) >= 11 is 0. The Bertz CT molecular complexity index is 1160. The van der Waals surface area contributed by atoms with E-state index in [9.17, 15) is 14.0 Å². The van der Waals surface area contributed by atoms with Crippen LogP contribution in [0.25, 0.3) is 32.9 Å². The maximum atomic E-state index is 13.7. The summed E-state index contributed by atoms with van der Waals surface area (Å²) in [6, 6.07) is 10.8. The smallest absolute Gasteiger partial charge is 0.284 e. The maximum Gasteiger partial charge on any atom is 0.319 e. The third-order valence-corrected chi connectivity index (χ3v) is 4.34. The maximum absolute atomic E-state index is 13.7. The molecule has 25 heavy (non-hydrogen) atoms. The van der Waals surface area contributed by atoms with Crippen LogP contribution in [0.15, 0.2) is 48.9 Å². The van der Waals surface area contributed by atoms with Gasteiger partial charge in [0.2, 0.25) is 0 Å². The first kappa shape index (κ1) is 15.2. The molecule has 0 saturated heterocycles. The van der Waals surface area contributed by atoms with Crippen LogP contribution in [0, 0.1) is 18.3 Å². The van der Waals surface area contributed by atoms with Crippen molar-refractivity contribution in [3.8, 4) is 17.2 Å². The summed E-state index contributed by atoms with van der Waals surface area (Å²) in [7, 11) is 0. The van der Waals surface area contributed by atoms with Crippen LogP contribution >= 0.6 is 0 Å². The second kappa shape index (κ2) is 5.64. The fourth-order valence-electron chi connectivity index (χ4n) is 3.09. The van der Waals surface area contributed by atoms with E-state index >= 15 is 0 Å². The van der Waals surface area contributed by atoms with Crippen molar-refractivity contribution >= 4 is 21.8 Å². The van der Waals surface area contributed by atoms with Gasteiger partial charge in [0.15, 0.2) is 0 Å². The SMILES string of the molecule is Cc1ncc(-c2ccc3c4cnccc4n(C(F)F)c3c2)cc1C#N. The number of nitriles is 1. The quantitative estimate of drug-likeness (QED) is 0.528. The molecular formula is C19H12F2N4. The van der Waals surface area contributed by atoms with Crippen molar-refractivity contribution in [1.82, 2.24) is 14.5 Å². The summed E-state index contributed by atoms with van der Waals surface area (Å²) in [5, 5.41) is 10.6. The molecule has 0 aliphatic carbocycles. The van der Waals surface area contributed by atoms with Crippen LogP contribution in [0.5, 0.6) is 0 Å². The number of benzene rings is 1. The number of aryl methyl sites for hydroxylation is 1. The van der Waals surface area contributed by atoms with E-state index in [2.05, 4.69) is 16.0 Å². The van der Waals surface area contributed by atoms with Gasteiger partial charge in [0.25, 0.3) is 0 Å². The predicted molar refractivity (Wildman–Crippen MR) is 91.2 cm³/mol. The lowest BCUT2D eigenvalue weighted by Gasteiger charge is -2.07. The van der Waals surface area contributed by atoms with Gasteiger partial charge in [0.1, 0.15) is 6.07 Å². The molecule has 0 aliphatic heterocycles. The Morgan fingerprint density at radius 2 is 1.88 bits per heavy atom. The summed E-state index contributed by atoms with van der Waals surface area (Å²) in [6.07, 6.45) is 4.75. The molecule has 0 fully saturated rings. The summed E-state index contributed by atoms with van der Waals surface area (Å²) < 4.78 is 28.3. The van der Waals surface area contributed by atoms with Gasteiger partial charge in [-0.15, -0.1) is 0 Å². The minimum atomic E-state index is -2.66. The van der Waals surface area contributed by atoms with Crippen molar-refractivity contribution in [3.63, 3.8) is 0 Å². The molecule has 0 atom stereocenters. The zero-order valence-corrected chi connectivity index (χ0v) is 13.2. The Hall–Kier alpha value is -3.33. The molecule has 0 spiro atoms. The van der Waals surface area contributed by atoms with Gasteiger partial charge >= 0.3 is 6.55 Å². The van der Waals surface area contributed by atoms with Gasteiger partial charge < -0.3 is 0 Å². The number of hydrogen-bond acceptors (Lipinski definition) is 3. The number of hydrogen-bond donors (Lipinski definition) is 0. The Morgan fingerprint density at radius 1 is 1.04 bits per heavy atom. The van der Waals surface area contributed by atoms with E-state index in [1.165, 1.54) is 6.20 Å². The summed E-state index contributed by atoms with van der Waals surface area (Å²) in [5.41, 5.74) is 3.42. The molecule has 122 valence electrons. The van der Waals surface area contributed by atoms with Gasteiger partial charge in [0, 0.05) is 34.9 Å². The van der Waals surface area contributed by atoms with Crippen LogP contribution in [-0.2, 0) is 0 Å². The molecule has 0 radical (unpaired) electrons. The number of fused-ring (bicyclic) bond motifs is 3. The van der Waals surface area contributed by atoms with Crippen LogP contribution in [0.2, 0.25) is 0 Å². The average molecular weight is 334 g/mol. The summed E-state index contributed by atoms with van der Waals surface area (Å²) in [4.78, 5) is 8.26. The number of nitrogens with zero attached hydrogens (tertiary/aromatic N) is 4. The van der Waals surface area contributed by atoms with Crippen LogP contribution in [0.1, 0.15) is 17.8 Å². The van der Waals surface area contributed by atoms with Gasteiger partial charge in [-0.3, -0.25) is 14.5 Å². The molecule has 0 unspecified atom stereocenters. The Balaban J connectivity index is 2.01. The molecular weight excluding hydrogens is 322 g/mol. The molecule has 4 nitrogen and oxygen atoms in total. The fraction of sp³-hybridized carbons (Fsp3) is 0.105. The largest absolute Gasteiger partial charge is 0.319 e. The monoisotopic (exact) mass is 334 g/mol. The molecule has 0 bridgehead atoms. The molecule has 0 amide bonds. The minimum absolute atomic E-state index is 0.426. The van der Waals surface area contributed by atoms with Crippen LogP contribution in [0.4, 0.5) is 8.78 Å². The molecule has 0 aliphatic rings. The minimum Gasteiger partial charge on any atom is -0.284 e. The van der Waals surface area contributed by atoms with E-state index in [0.29, 0.717) is 38.6 Å². The lowest BCUT2D eigenvalue weighted by atomic mass is 10.0.